The molecule has 1 heterocycles. The zero-order valence-corrected chi connectivity index (χ0v) is 12.1. The summed E-state index contributed by atoms with van der Waals surface area (Å²) < 4.78 is 1.26. The molecule has 2 N–H and O–H groups in total. The molecule has 1 saturated heterocycles. The number of nitrogens with two attached hydrogens (primary N) is 1. The van der Waals surface area contributed by atoms with Gasteiger partial charge in [-0.2, -0.15) is 0 Å². The second-order valence-electron chi connectivity index (χ2n) is 5.40. The van der Waals surface area contributed by atoms with Crippen molar-refractivity contribution in [1.82, 2.24) is 0 Å². The number of rotatable bonds is 1. The number of hydrogen-bond acceptors (Lipinski definition) is 2. The number of piperidine rings is 1. The molecule has 1 aromatic carbocycles. The largest absolute Gasteiger partial charge is 0.399 e. The highest BCUT2D eigenvalue weighted by atomic mass is 127. The van der Waals surface area contributed by atoms with Crippen LogP contribution in [0, 0.1) is 8.99 Å². The Bertz CT molecular complexity index is 388. The first-order chi connectivity index (χ1) is 7.48. The van der Waals surface area contributed by atoms with Gasteiger partial charge in [0, 0.05) is 22.3 Å². The van der Waals surface area contributed by atoms with Crippen molar-refractivity contribution in [1.29, 1.82) is 0 Å². The summed E-state index contributed by atoms with van der Waals surface area (Å²) in [4.78, 5) is 2.49. The SMILES string of the molecule is CC1(C)CCCN(c2ccc(N)cc2I)C1. The molecule has 88 valence electrons. The van der Waals surface area contributed by atoms with E-state index in [2.05, 4.69) is 53.5 Å². The third-order valence-electron chi connectivity index (χ3n) is 3.21. The van der Waals surface area contributed by atoms with Gasteiger partial charge in [-0.3, -0.25) is 0 Å². The Kier molecular flexibility index (Phi) is 3.33. The van der Waals surface area contributed by atoms with Gasteiger partial charge in [-0.05, 0) is 59.0 Å². The van der Waals surface area contributed by atoms with Crippen LogP contribution < -0.4 is 10.6 Å². The van der Waals surface area contributed by atoms with E-state index in [0.717, 1.165) is 12.2 Å². The van der Waals surface area contributed by atoms with Gasteiger partial charge in [0.2, 0.25) is 0 Å². The normalized spacial score (nSPS) is 19.8. The van der Waals surface area contributed by atoms with Crippen molar-refractivity contribution >= 4 is 34.0 Å². The summed E-state index contributed by atoms with van der Waals surface area (Å²) >= 11 is 2.38. The topological polar surface area (TPSA) is 29.3 Å². The Morgan fingerprint density at radius 1 is 1.38 bits per heavy atom. The number of anilines is 2. The van der Waals surface area contributed by atoms with Crippen LogP contribution >= 0.6 is 22.6 Å². The van der Waals surface area contributed by atoms with Crippen molar-refractivity contribution in [3.05, 3.63) is 21.8 Å². The van der Waals surface area contributed by atoms with Gasteiger partial charge in [0.05, 0.1) is 5.69 Å². The van der Waals surface area contributed by atoms with Crippen LogP contribution in [-0.4, -0.2) is 13.1 Å². The lowest BCUT2D eigenvalue weighted by molar-refractivity contribution is 0.293. The van der Waals surface area contributed by atoms with Crippen LogP contribution in [0.4, 0.5) is 11.4 Å². The van der Waals surface area contributed by atoms with E-state index in [0.29, 0.717) is 5.41 Å². The van der Waals surface area contributed by atoms with E-state index in [1.54, 1.807) is 0 Å². The molecule has 0 saturated carbocycles. The van der Waals surface area contributed by atoms with E-state index < -0.39 is 0 Å². The molecule has 2 rings (SSSR count). The maximum atomic E-state index is 5.79. The fourth-order valence-electron chi connectivity index (χ4n) is 2.41. The monoisotopic (exact) mass is 330 g/mol. The number of halogens is 1. The van der Waals surface area contributed by atoms with Crippen LogP contribution in [0.2, 0.25) is 0 Å². The lowest BCUT2D eigenvalue weighted by atomic mass is 9.84. The summed E-state index contributed by atoms with van der Waals surface area (Å²) in [5.41, 5.74) is 8.41. The van der Waals surface area contributed by atoms with Gasteiger partial charge in [0.25, 0.3) is 0 Å². The highest BCUT2D eigenvalue weighted by molar-refractivity contribution is 14.1. The predicted octanol–water partition coefficient (Wildman–Crippen LogP) is 3.50. The van der Waals surface area contributed by atoms with Crippen molar-refractivity contribution in [3.63, 3.8) is 0 Å². The van der Waals surface area contributed by atoms with Crippen molar-refractivity contribution in [2.75, 3.05) is 23.7 Å². The van der Waals surface area contributed by atoms with E-state index in [1.165, 1.54) is 28.6 Å². The quantitative estimate of drug-likeness (QED) is 0.631. The van der Waals surface area contributed by atoms with E-state index in [4.69, 9.17) is 5.73 Å². The highest BCUT2D eigenvalue weighted by Gasteiger charge is 2.27. The first-order valence-electron chi connectivity index (χ1n) is 5.78. The van der Waals surface area contributed by atoms with Crippen molar-refractivity contribution in [3.8, 4) is 0 Å². The number of nitrogen functional groups attached to an aromatic ring is 1. The Hall–Kier alpha value is -0.450. The third kappa shape index (κ3) is 2.62. The molecule has 0 aromatic heterocycles. The van der Waals surface area contributed by atoms with Gasteiger partial charge in [-0.15, -0.1) is 0 Å². The number of hydrogen-bond donors (Lipinski definition) is 1. The van der Waals surface area contributed by atoms with Gasteiger partial charge in [-0.1, -0.05) is 13.8 Å². The summed E-state index contributed by atoms with van der Waals surface area (Å²) in [6.45, 7) is 7.02. The highest BCUT2D eigenvalue weighted by Crippen LogP contribution is 2.34. The van der Waals surface area contributed by atoms with Crippen LogP contribution in [0.3, 0.4) is 0 Å². The minimum atomic E-state index is 0.433. The predicted molar refractivity (Wildman–Crippen MR) is 78.8 cm³/mol. The van der Waals surface area contributed by atoms with Crippen LogP contribution in [0.15, 0.2) is 18.2 Å². The zero-order chi connectivity index (χ0) is 11.8. The molecule has 0 bridgehead atoms. The number of nitrogens with zero attached hydrogens (tertiary/aromatic N) is 1. The molecule has 0 radical (unpaired) electrons. The fourth-order valence-corrected chi connectivity index (χ4v) is 3.29. The molecule has 2 nitrogen and oxygen atoms in total. The minimum absolute atomic E-state index is 0.433. The van der Waals surface area contributed by atoms with E-state index in [1.807, 2.05) is 6.07 Å². The maximum Gasteiger partial charge on any atom is 0.0503 e. The smallest absolute Gasteiger partial charge is 0.0503 e. The fraction of sp³-hybridized carbons (Fsp3) is 0.538. The average molecular weight is 330 g/mol. The average Bonchev–Trinajstić information content (AvgIpc) is 2.15. The Labute approximate surface area is 111 Å². The molecule has 0 aliphatic carbocycles. The first-order valence-corrected chi connectivity index (χ1v) is 6.86. The van der Waals surface area contributed by atoms with Crippen LogP contribution in [0.5, 0.6) is 0 Å². The summed E-state index contributed by atoms with van der Waals surface area (Å²) in [5, 5.41) is 0. The Balaban J connectivity index is 2.23. The molecular weight excluding hydrogens is 311 g/mol. The lowest BCUT2D eigenvalue weighted by Gasteiger charge is -2.39. The van der Waals surface area contributed by atoms with Gasteiger partial charge in [0.1, 0.15) is 0 Å². The minimum Gasteiger partial charge on any atom is -0.399 e. The second kappa shape index (κ2) is 4.43. The van der Waals surface area contributed by atoms with Gasteiger partial charge in [0.15, 0.2) is 0 Å². The molecule has 1 fully saturated rings. The van der Waals surface area contributed by atoms with E-state index >= 15 is 0 Å². The molecule has 1 aliphatic heterocycles. The first kappa shape index (κ1) is 12.0. The van der Waals surface area contributed by atoms with Gasteiger partial charge < -0.3 is 10.6 Å². The molecule has 0 atom stereocenters. The van der Waals surface area contributed by atoms with Gasteiger partial charge >= 0.3 is 0 Å². The van der Waals surface area contributed by atoms with Crippen molar-refractivity contribution < 1.29 is 0 Å². The van der Waals surface area contributed by atoms with Crippen molar-refractivity contribution in [2.45, 2.75) is 26.7 Å². The second-order valence-corrected chi connectivity index (χ2v) is 6.56. The van der Waals surface area contributed by atoms with E-state index in [-0.39, 0.29) is 0 Å². The number of benzene rings is 1. The summed E-state index contributed by atoms with van der Waals surface area (Å²) in [6, 6.07) is 6.20. The van der Waals surface area contributed by atoms with Crippen LogP contribution in [0.25, 0.3) is 0 Å². The molecule has 1 aromatic rings. The molecule has 3 heteroatoms. The molecular formula is C13H19IN2. The third-order valence-corrected chi connectivity index (χ3v) is 4.08. The lowest BCUT2D eigenvalue weighted by Crippen LogP contribution is -2.40. The molecule has 0 spiro atoms. The van der Waals surface area contributed by atoms with Crippen LogP contribution in [0.1, 0.15) is 26.7 Å². The molecule has 0 unspecified atom stereocenters. The standard InChI is InChI=1S/C13H19IN2/c1-13(2)6-3-7-16(9-13)12-5-4-10(15)8-11(12)14/h4-5,8H,3,6-7,9,15H2,1-2H3. The molecule has 0 amide bonds. The van der Waals surface area contributed by atoms with Crippen molar-refractivity contribution in [2.24, 2.45) is 5.41 Å². The Morgan fingerprint density at radius 3 is 2.75 bits per heavy atom. The summed E-state index contributed by atoms with van der Waals surface area (Å²) in [5.74, 6) is 0. The molecule has 1 aliphatic rings. The Morgan fingerprint density at radius 2 is 2.12 bits per heavy atom. The summed E-state index contributed by atoms with van der Waals surface area (Å²) in [6.07, 6.45) is 2.61. The van der Waals surface area contributed by atoms with E-state index in [9.17, 15) is 0 Å². The zero-order valence-electron chi connectivity index (χ0n) is 9.96. The maximum absolute atomic E-state index is 5.79. The summed E-state index contributed by atoms with van der Waals surface area (Å²) in [7, 11) is 0. The van der Waals surface area contributed by atoms with Gasteiger partial charge in [-0.25, -0.2) is 0 Å². The van der Waals surface area contributed by atoms with Crippen LogP contribution in [-0.2, 0) is 0 Å². The molecule has 16 heavy (non-hydrogen) atoms.